The van der Waals surface area contributed by atoms with E-state index in [-0.39, 0.29) is 5.91 Å². The lowest BCUT2D eigenvalue weighted by molar-refractivity contribution is 0.0785. The van der Waals surface area contributed by atoms with Crippen molar-refractivity contribution in [1.29, 1.82) is 0 Å². The monoisotopic (exact) mass is 267 g/mol. The van der Waals surface area contributed by atoms with Crippen LogP contribution >= 0.6 is 11.6 Å². The lowest BCUT2D eigenvalue weighted by atomic mass is 10.2. The van der Waals surface area contributed by atoms with E-state index in [0.29, 0.717) is 22.6 Å². The Balaban J connectivity index is 2.15. The fourth-order valence-corrected chi connectivity index (χ4v) is 2.00. The van der Waals surface area contributed by atoms with E-state index < -0.39 is 0 Å². The molecule has 1 aliphatic carbocycles. The van der Waals surface area contributed by atoms with Crippen LogP contribution in [0.1, 0.15) is 36.5 Å². The molecule has 0 radical (unpaired) electrons. The van der Waals surface area contributed by atoms with Gasteiger partial charge in [0.25, 0.3) is 5.91 Å². The predicted molar refractivity (Wildman–Crippen MR) is 73.1 cm³/mol. The quantitative estimate of drug-likeness (QED) is 0.835. The van der Waals surface area contributed by atoms with E-state index in [0.717, 1.165) is 25.8 Å². The Morgan fingerprint density at radius 2 is 2.28 bits per heavy atom. The van der Waals surface area contributed by atoms with Crippen LogP contribution in [0.3, 0.4) is 0 Å². The van der Waals surface area contributed by atoms with Gasteiger partial charge in [-0.3, -0.25) is 4.79 Å². The smallest absolute Gasteiger partial charge is 0.254 e. The highest BCUT2D eigenvalue weighted by atomic mass is 35.5. The average Bonchev–Trinajstić information content (AvgIpc) is 3.18. The number of rotatable bonds is 5. The molecule has 1 heterocycles. The van der Waals surface area contributed by atoms with Gasteiger partial charge in [0, 0.05) is 25.2 Å². The first-order valence-corrected chi connectivity index (χ1v) is 6.68. The third-order valence-electron chi connectivity index (χ3n) is 3.01. The molecule has 0 bridgehead atoms. The first kappa shape index (κ1) is 13.1. The van der Waals surface area contributed by atoms with E-state index in [1.165, 1.54) is 0 Å². The van der Waals surface area contributed by atoms with Gasteiger partial charge in [0.1, 0.15) is 11.0 Å². The zero-order valence-corrected chi connectivity index (χ0v) is 11.5. The summed E-state index contributed by atoms with van der Waals surface area (Å²) in [4.78, 5) is 18.2. The maximum Gasteiger partial charge on any atom is 0.254 e. The molecule has 1 fully saturated rings. The summed E-state index contributed by atoms with van der Waals surface area (Å²) in [6, 6.07) is 3.79. The molecule has 1 amide bonds. The van der Waals surface area contributed by atoms with Crippen molar-refractivity contribution in [2.75, 3.05) is 18.9 Å². The summed E-state index contributed by atoms with van der Waals surface area (Å²) in [5, 5.41) is 3.50. The molecule has 5 heteroatoms. The second-order valence-electron chi connectivity index (χ2n) is 4.64. The van der Waals surface area contributed by atoms with E-state index >= 15 is 0 Å². The Kier molecular flexibility index (Phi) is 4.07. The molecule has 0 unspecified atom stereocenters. The number of carbonyl (C=O) groups is 1. The number of hydrogen-bond acceptors (Lipinski definition) is 3. The van der Waals surface area contributed by atoms with Gasteiger partial charge in [0.15, 0.2) is 0 Å². The van der Waals surface area contributed by atoms with Crippen LogP contribution in [0.15, 0.2) is 12.1 Å². The largest absolute Gasteiger partial charge is 0.370 e. The van der Waals surface area contributed by atoms with Gasteiger partial charge >= 0.3 is 0 Å². The van der Waals surface area contributed by atoms with E-state index in [9.17, 15) is 4.79 Å². The van der Waals surface area contributed by atoms with Crippen molar-refractivity contribution in [1.82, 2.24) is 9.88 Å². The number of anilines is 1. The van der Waals surface area contributed by atoms with Crippen LogP contribution in [-0.2, 0) is 0 Å². The number of aromatic nitrogens is 1. The van der Waals surface area contributed by atoms with Gasteiger partial charge < -0.3 is 10.2 Å². The maximum absolute atomic E-state index is 12.2. The zero-order valence-electron chi connectivity index (χ0n) is 10.7. The number of amides is 1. The molecule has 0 spiro atoms. The normalized spacial score (nSPS) is 14.4. The molecule has 1 aliphatic rings. The number of halogens is 1. The number of hydrogen-bond donors (Lipinski definition) is 1. The highest BCUT2D eigenvalue weighted by Gasteiger charge is 2.30. The minimum Gasteiger partial charge on any atom is -0.370 e. The van der Waals surface area contributed by atoms with Gasteiger partial charge in [0.05, 0.1) is 0 Å². The van der Waals surface area contributed by atoms with Gasteiger partial charge in [-0.25, -0.2) is 4.98 Å². The molecule has 18 heavy (non-hydrogen) atoms. The Morgan fingerprint density at radius 3 is 2.89 bits per heavy atom. The molecule has 1 saturated carbocycles. The fraction of sp³-hybridized carbons (Fsp3) is 0.538. The Morgan fingerprint density at radius 1 is 1.56 bits per heavy atom. The van der Waals surface area contributed by atoms with Crippen molar-refractivity contribution >= 4 is 23.3 Å². The van der Waals surface area contributed by atoms with Crippen LogP contribution in [-0.4, -0.2) is 35.4 Å². The number of pyridine rings is 1. The lowest BCUT2D eigenvalue weighted by Gasteiger charge is -2.17. The molecular formula is C13H18ClN3O. The summed E-state index contributed by atoms with van der Waals surface area (Å²) in [5.74, 6) is 0.679. The standard InChI is InChI=1S/C13H18ClN3O/c1-3-6-15-12-8-9(7-11(14)16-12)13(18)17(2)10-4-5-10/h7-8,10H,3-6H2,1-2H3,(H,15,16). The van der Waals surface area contributed by atoms with Gasteiger partial charge in [-0.1, -0.05) is 18.5 Å². The van der Waals surface area contributed by atoms with Crippen LogP contribution in [0.25, 0.3) is 0 Å². The van der Waals surface area contributed by atoms with Crippen LogP contribution in [0.2, 0.25) is 5.15 Å². The van der Waals surface area contributed by atoms with Crippen molar-refractivity contribution < 1.29 is 4.79 Å². The molecular weight excluding hydrogens is 250 g/mol. The molecule has 0 atom stereocenters. The molecule has 98 valence electrons. The molecule has 1 N–H and O–H groups in total. The summed E-state index contributed by atoms with van der Waals surface area (Å²) < 4.78 is 0. The minimum atomic E-state index is 0.0151. The highest BCUT2D eigenvalue weighted by molar-refractivity contribution is 6.29. The Hall–Kier alpha value is -1.29. The first-order chi connectivity index (χ1) is 8.61. The van der Waals surface area contributed by atoms with E-state index in [4.69, 9.17) is 11.6 Å². The molecule has 1 aromatic rings. The maximum atomic E-state index is 12.2. The van der Waals surface area contributed by atoms with Gasteiger partial charge in [-0.15, -0.1) is 0 Å². The van der Waals surface area contributed by atoms with Crippen LogP contribution in [0.4, 0.5) is 5.82 Å². The second kappa shape index (κ2) is 5.57. The first-order valence-electron chi connectivity index (χ1n) is 6.30. The van der Waals surface area contributed by atoms with Crippen molar-refractivity contribution in [3.05, 3.63) is 22.8 Å². The SMILES string of the molecule is CCCNc1cc(C(=O)N(C)C2CC2)cc(Cl)n1. The summed E-state index contributed by atoms with van der Waals surface area (Å²) in [6.45, 7) is 2.89. The number of nitrogens with one attached hydrogen (secondary N) is 1. The average molecular weight is 268 g/mol. The predicted octanol–water partition coefficient (Wildman–Crippen LogP) is 2.79. The van der Waals surface area contributed by atoms with Crippen molar-refractivity contribution in [2.24, 2.45) is 0 Å². The van der Waals surface area contributed by atoms with Gasteiger partial charge in [-0.2, -0.15) is 0 Å². The van der Waals surface area contributed by atoms with E-state index in [2.05, 4.69) is 17.2 Å². The third kappa shape index (κ3) is 3.13. The van der Waals surface area contributed by atoms with E-state index in [1.54, 1.807) is 17.0 Å². The second-order valence-corrected chi connectivity index (χ2v) is 5.03. The summed E-state index contributed by atoms with van der Waals surface area (Å²) in [7, 11) is 1.84. The Labute approximate surface area is 112 Å². The summed E-state index contributed by atoms with van der Waals surface area (Å²) >= 11 is 5.95. The minimum absolute atomic E-state index is 0.0151. The van der Waals surface area contributed by atoms with Crippen LogP contribution in [0.5, 0.6) is 0 Å². The molecule has 1 aromatic heterocycles. The third-order valence-corrected chi connectivity index (χ3v) is 3.21. The van der Waals surface area contributed by atoms with Gasteiger partial charge in [0.2, 0.25) is 0 Å². The molecule has 2 rings (SSSR count). The van der Waals surface area contributed by atoms with Crippen LogP contribution in [0, 0.1) is 0 Å². The zero-order chi connectivity index (χ0) is 13.1. The van der Waals surface area contributed by atoms with E-state index in [1.807, 2.05) is 7.05 Å². The van der Waals surface area contributed by atoms with Crippen molar-refractivity contribution in [3.63, 3.8) is 0 Å². The van der Waals surface area contributed by atoms with Gasteiger partial charge in [-0.05, 0) is 31.4 Å². The summed E-state index contributed by atoms with van der Waals surface area (Å²) in [5.41, 5.74) is 0.600. The topological polar surface area (TPSA) is 45.2 Å². The van der Waals surface area contributed by atoms with Crippen LogP contribution < -0.4 is 5.32 Å². The molecule has 0 saturated heterocycles. The number of nitrogens with zero attached hydrogens (tertiary/aromatic N) is 2. The Bertz CT molecular complexity index is 446. The van der Waals surface area contributed by atoms with Crippen molar-refractivity contribution in [2.45, 2.75) is 32.2 Å². The fourth-order valence-electron chi connectivity index (χ4n) is 1.80. The molecule has 0 aliphatic heterocycles. The molecule has 0 aromatic carbocycles. The summed E-state index contributed by atoms with van der Waals surface area (Å²) in [6.07, 6.45) is 3.20. The highest BCUT2D eigenvalue weighted by Crippen LogP contribution is 2.27. The number of carbonyl (C=O) groups excluding carboxylic acids is 1. The van der Waals surface area contributed by atoms with Crippen molar-refractivity contribution in [3.8, 4) is 0 Å². The lowest BCUT2D eigenvalue weighted by Crippen LogP contribution is -2.28. The molecule has 4 nitrogen and oxygen atoms in total.